The van der Waals surface area contributed by atoms with Crippen molar-refractivity contribution in [2.75, 3.05) is 13.1 Å². The van der Waals surface area contributed by atoms with Crippen molar-refractivity contribution in [2.24, 2.45) is 11.8 Å². The first-order chi connectivity index (χ1) is 11.0. The van der Waals surface area contributed by atoms with Crippen LogP contribution in [0.2, 0.25) is 0 Å². The molecule has 2 atom stereocenters. The maximum Gasteiger partial charge on any atom is 0.410 e. The normalized spacial score (nSPS) is 19.8. The van der Waals surface area contributed by atoms with Crippen molar-refractivity contribution in [2.45, 2.75) is 65.5 Å². The van der Waals surface area contributed by atoms with Crippen LogP contribution in [-0.2, 0) is 14.3 Å². The number of carboxylic acid groups (broad SMARTS) is 1. The minimum atomic E-state index is -1.03. The van der Waals surface area contributed by atoms with Gasteiger partial charge in [-0.1, -0.05) is 13.8 Å². The van der Waals surface area contributed by atoms with Crippen molar-refractivity contribution >= 4 is 18.0 Å². The molecule has 0 radical (unpaired) electrons. The molecule has 0 saturated carbocycles. The highest BCUT2D eigenvalue weighted by Gasteiger charge is 2.32. The smallest absolute Gasteiger partial charge is 0.410 e. The molecule has 1 aliphatic rings. The Morgan fingerprint density at radius 3 is 2.42 bits per heavy atom. The summed E-state index contributed by atoms with van der Waals surface area (Å²) in [5.41, 5.74) is -0.585. The van der Waals surface area contributed by atoms with Crippen LogP contribution in [-0.4, -0.2) is 52.7 Å². The zero-order valence-corrected chi connectivity index (χ0v) is 15.3. The number of carboxylic acids is 1. The Kier molecular flexibility index (Phi) is 7.05. The van der Waals surface area contributed by atoms with E-state index < -0.39 is 29.6 Å². The molecule has 1 fully saturated rings. The van der Waals surface area contributed by atoms with Crippen LogP contribution in [0.1, 0.15) is 53.9 Å². The molecule has 24 heavy (non-hydrogen) atoms. The van der Waals surface area contributed by atoms with Crippen LogP contribution in [0.25, 0.3) is 0 Å². The van der Waals surface area contributed by atoms with Gasteiger partial charge in [-0.25, -0.2) is 9.59 Å². The molecular formula is C17H30N2O5. The highest BCUT2D eigenvalue weighted by molar-refractivity contribution is 5.85. The van der Waals surface area contributed by atoms with Gasteiger partial charge in [-0.2, -0.15) is 0 Å². The Labute approximate surface area is 143 Å². The number of carbonyl (C=O) groups is 3. The molecule has 1 aliphatic heterocycles. The second kappa shape index (κ2) is 8.35. The predicted octanol–water partition coefficient (Wildman–Crippen LogP) is 2.25. The summed E-state index contributed by atoms with van der Waals surface area (Å²) in [4.78, 5) is 37.3. The number of carbonyl (C=O) groups excluding carboxylic acids is 2. The molecule has 7 nitrogen and oxygen atoms in total. The summed E-state index contributed by atoms with van der Waals surface area (Å²) >= 11 is 0. The highest BCUT2D eigenvalue weighted by Crippen LogP contribution is 2.20. The molecule has 1 rings (SSSR count). The van der Waals surface area contributed by atoms with Gasteiger partial charge in [-0.05, 0) is 46.0 Å². The molecule has 0 aromatic heterocycles. The van der Waals surface area contributed by atoms with E-state index in [9.17, 15) is 19.5 Å². The third kappa shape index (κ3) is 6.76. The van der Waals surface area contributed by atoms with Crippen molar-refractivity contribution in [3.05, 3.63) is 0 Å². The van der Waals surface area contributed by atoms with E-state index in [1.54, 1.807) is 20.8 Å². The molecule has 2 N–H and O–H groups in total. The third-order valence-corrected chi connectivity index (χ3v) is 3.77. The molecule has 0 aromatic carbocycles. The van der Waals surface area contributed by atoms with Gasteiger partial charge in [0.05, 0.1) is 5.92 Å². The van der Waals surface area contributed by atoms with Crippen molar-refractivity contribution in [1.29, 1.82) is 0 Å². The monoisotopic (exact) mass is 342 g/mol. The maximum absolute atomic E-state index is 12.4. The molecule has 1 heterocycles. The van der Waals surface area contributed by atoms with Gasteiger partial charge >= 0.3 is 12.1 Å². The van der Waals surface area contributed by atoms with E-state index in [-0.39, 0.29) is 18.4 Å². The van der Waals surface area contributed by atoms with Crippen molar-refractivity contribution in [3.8, 4) is 0 Å². The van der Waals surface area contributed by atoms with E-state index >= 15 is 0 Å². The van der Waals surface area contributed by atoms with Gasteiger partial charge in [0.15, 0.2) is 0 Å². The fourth-order valence-corrected chi connectivity index (χ4v) is 2.67. The lowest BCUT2D eigenvalue weighted by Crippen LogP contribution is -2.50. The molecule has 7 heteroatoms. The van der Waals surface area contributed by atoms with Crippen LogP contribution in [0.5, 0.6) is 0 Å². The van der Waals surface area contributed by atoms with Crippen LogP contribution in [0.4, 0.5) is 4.79 Å². The van der Waals surface area contributed by atoms with Crippen LogP contribution < -0.4 is 5.32 Å². The summed E-state index contributed by atoms with van der Waals surface area (Å²) in [6, 6.07) is -0.894. The SMILES string of the molecule is CC(C)C[C@@H](NC(=O)[C@@H]1CCCN(C(=O)OC(C)(C)C)C1)C(=O)O. The van der Waals surface area contributed by atoms with E-state index in [2.05, 4.69) is 5.32 Å². The topological polar surface area (TPSA) is 95.9 Å². The predicted molar refractivity (Wildman–Crippen MR) is 89.6 cm³/mol. The minimum Gasteiger partial charge on any atom is -0.480 e. The quantitative estimate of drug-likeness (QED) is 0.799. The number of ether oxygens (including phenoxy) is 1. The van der Waals surface area contributed by atoms with E-state index in [4.69, 9.17) is 4.74 Å². The number of aliphatic carboxylic acids is 1. The number of piperidine rings is 1. The van der Waals surface area contributed by atoms with Gasteiger partial charge in [0.25, 0.3) is 0 Å². The number of amides is 2. The number of nitrogens with one attached hydrogen (secondary N) is 1. The Hall–Kier alpha value is -1.79. The maximum atomic E-state index is 12.4. The van der Waals surface area contributed by atoms with Crippen LogP contribution in [0.3, 0.4) is 0 Å². The average Bonchev–Trinajstić information content (AvgIpc) is 2.44. The van der Waals surface area contributed by atoms with Crippen LogP contribution in [0, 0.1) is 11.8 Å². The Balaban J connectivity index is 2.64. The Morgan fingerprint density at radius 1 is 1.29 bits per heavy atom. The molecule has 0 aliphatic carbocycles. The number of rotatable bonds is 5. The average molecular weight is 342 g/mol. The van der Waals surface area contributed by atoms with E-state index in [0.717, 1.165) is 0 Å². The summed E-state index contributed by atoms with van der Waals surface area (Å²) in [5.74, 6) is -1.58. The van der Waals surface area contributed by atoms with E-state index in [1.165, 1.54) is 4.90 Å². The zero-order chi connectivity index (χ0) is 18.5. The lowest BCUT2D eigenvalue weighted by Gasteiger charge is -2.34. The largest absolute Gasteiger partial charge is 0.480 e. The second-order valence-corrected chi connectivity index (χ2v) is 7.79. The molecular weight excluding hydrogens is 312 g/mol. The molecule has 1 saturated heterocycles. The summed E-state index contributed by atoms with van der Waals surface area (Å²) in [7, 11) is 0. The number of nitrogens with zero attached hydrogens (tertiary/aromatic N) is 1. The van der Waals surface area contributed by atoms with Crippen molar-refractivity contribution in [1.82, 2.24) is 10.2 Å². The summed E-state index contributed by atoms with van der Waals surface area (Å²) in [6.45, 7) is 10.0. The van der Waals surface area contributed by atoms with Crippen molar-refractivity contribution in [3.63, 3.8) is 0 Å². The third-order valence-electron chi connectivity index (χ3n) is 3.77. The van der Waals surface area contributed by atoms with Gasteiger partial charge in [-0.15, -0.1) is 0 Å². The lowest BCUT2D eigenvalue weighted by molar-refractivity contribution is -0.143. The van der Waals surface area contributed by atoms with Gasteiger partial charge in [-0.3, -0.25) is 4.79 Å². The van der Waals surface area contributed by atoms with Crippen LogP contribution >= 0.6 is 0 Å². The summed E-state index contributed by atoms with van der Waals surface area (Å²) < 4.78 is 5.34. The number of hydrogen-bond donors (Lipinski definition) is 2. The molecule has 0 bridgehead atoms. The zero-order valence-electron chi connectivity index (χ0n) is 15.3. The number of likely N-dealkylation sites (tertiary alicyclic amines) is 1. The van der Waals surface area contributed by atoms with Crippen molar-refractivity contribution < 1.29 is 24.2 Å². The fraction of sp³-hybridized carbons (Fsp3) is 0.824. The Bertz CT molecular complexity index is 470. The van der Waals surface area contributed by atoms with Gasteiger partial charge in [0, 0.05) is 13.1 Å². The van der Waals surface area contributed by atoms with Gasteiger partial charge in [0.2, 0.25) is 5.91 Å². The minimum absolute atomic E-state index is 0.163. The molecule has 0 aromatic rings. The van der Waals surface area contributed by atoms with Gasteiger partial charge < -0.3 is 20.1 Å². The van der Waals surface area contributed by atoms with Gasteiger partial charge in [0.1, 0.15) is 11.6 Å². The lowest BCUT2D eigenvalue weighted by atomic mass is 9.96. The summed E-state index contributed by atoms with van der Waals surface area (Å²) in [6.07, 6.45) is 1.28. The Morgan fingerprint density at radius 2 is 1.92 bits per heavy atom. The van der Waals surface area contributed by atoms with E-state index in [0.29, 0.717) is 25.8 Å². The van der Waals surface area contributed by atoms with Crippen LogP contribution in [0.15, 0.2) is 0 Å². The number of hydrogen-bond acceptors (Lipinski definition) is 4. The first-order valence-corrected chi connectivity index (χ1v) is 8.50. The molecule has 138 valence electrons. The van der Waals surface area contributed by atoms with E-state index in [1.807, 2.05) is 13.8 Å². The molecule has 0 spiro atoms. The second-order valence-electron chi connectivity index (χ2n) is 7.79. The molecule has 0 unspecified atom stereocenters. The first-order valence-electron chi connectivity index (χ1n) is 8.50. The standard InChI is InChI=1S/C17H30N2O5/c1-11(2)9-13(15(21)22)18-14(20)12-7-6-8-19(10-12)16(23)24-17(3,4)5/h11-13H,6-10H2,1-5H3,(H,18,20)(H,21,22)/t12-,13-/m1/s1. The first kappa shape index (κ1) is 20.3. The molecule has 2 amide bonds. The fourth-order valence-electron chi connectivity index (χ4n) is 2.67. The summed E-state index contributed by atoms with van der Waals surface area (Å²) in [5, 5.41) is 11.8. The highest BCUT2D eigenvalue weighted by atomic mass is 16.6.